The van der Waals surface area contributed by atoms with E-state index in [9.17, 15) is 0 Å². The molecule has 0 aromatic carbocycles. The monoisotopic (exact) mass is 196 g/mol. The van der Waals surface area contributed by atoms with Crippen LogP contribution in [0.25, 0.3) is 0 Å². The molecule has 2 heteroatoms. The summed E-state index contributed by atoms with van der Waals surface area (Å²) in [6, 6.07) is 0.883. The highest BCUT2D eigenvalue weighted by Crippen LogP contribution is 2.32. The lowest BCUT2D eigenvalue weighted by atomic mass is 9.90. The number of piperidine rings is 1. The summed E-state index contributed by atoms with van der Waals surface area (Å²) < 4.78 is 0. The van der Waals surface area contributed by atoms with Gasteiger partial charge in [-0.05, 0) is 53.1 Å². The zero-order valence-electron chi connectivity index (χ0n) is 10.1. The van der Waals surface area contributed by atoms with Crippen LogP contribution in [-0.2, 0) is 0 Å². The maximum atomic E-state index is 2.66. The van der Waals surface area contributed by atoms with Crippen molar-refractivity contribution < 1.29 is 0 Å². The Morgan fingerprint density at radius 3 is 2.43 bits per heavy atom. The van der Waals surface area contributed by atoms with E-state index in [0.29, 0.717) is 5.54 Å². The van der Waals surface area contributed by atoms with E-state index in [1.54, 1.807) is 0 Å². The molecule has 0 saturated carbocycles. The number of fused-ring (bicyclic) bond motifs is 1. The van der Waals surface area contributed by atoms with Gasteiger partial charge in [-0.1, -0.05) is 0 Å². The minimum absolute atomic E-state index is 0.367. The first-order valence-electron chi connectivity index (χ1n) is 5.94. The predicted molar refractivity (Wildman–Crippen MR) is 60.5 cm³/mol. The third-order valence-corrected chi connectivity index (χ3v) is 4.06. The van der Waals surface area contributed by atoms with Gasteiger partial charge in [0.25, 0.3) is 0 Å². The maximum absolute atomic E-state index is 2.66. The van der Waals surface area contributed by atoms with Crippen LogP contribution in [0.2, 0.25) is 0 Å². The lowest BCUT2D eigenvalue weighted by Crippen LogP contribution is -2.52. The Morgan fingerprint density at radius 1 is 1.07 bits per heavy atom. The standard InChI is InChI=1S/C12H24N2/c1-12(2,3)14-8-6-11-10(9-14)5-7-13(11)4/h10-11H,5-9H2,1-4H3/t10-,11+/m1/s1. The van der Waals surface area contributed by atoms with Crippen molar-refractivity contribution in [3.63, 3.8) is 0 Å². The Bertz CT molecular complexity index is 207. The average molecular weight is 196 g/mol. The molecule has 2 nitrogen and oxygen atoms in total. The minimum Gasteiger partial charge on any atom is -0.303 e. The van der Waals surface area contributed by atoms with Crippen molar-refractivity contribution in [2.75, 3.05) is 26.7 Å². The van der Waals surface area contributed by atoms with E-state index in [-0.39, 0.29) is 0 Å². The zero-order valence-corrected chi connectivity index (χ0v) is 10.1. The van der Waals surface area contributed by atoms with Crippen LogP contribution < -0.4 is 0 Å². The van der Waals surface area contributed by atoms with E-state index in [1.165, 1.54) is 32.5 Å². The molecule has 2 aliphatic heterocycles. The highest BCUT2D eigenvalue weighted by atomic mass is 15.2. The summed E-state index contributed by atoms with van der Waals surface area (Å²) in [5.41, 5.74) is 0.367. The molecule has 82 valence electrons. The molecule has 0 bridgehead atoms. The predicted octanol–water partition coefficient (Wildman–Crippen LogP) is 1.81. The second-order valence-electron chi connectivity index (χ2n) is 6.00. The van der Waals surface area contributed by atoms with E-state index in [0.717, 1.165) is 12.0 Å². The number of likely N-dealkylation sites (tertiary alicyclic amines) is 2. The Kier molecular flexibility index (Phi) is 2.61. The van der Waals surface area contributed by atoms with Crippen molar-refractivity contribution in [3.05, 3.63) is 0 Å². The van der Waals surface area contributed by atoms with Crippen LogP contribution in [0, 0.1) is 5.92 Å². The van der Waals surface area contributed by atoms with Gasteiger partial charge in [0.2, 0.25) is 0 Å². The third kappa shape index (κ3) is 1.82. The zero-order chi connectivity index (χ0) is 10.3. The Labute approximate surface area is 88.3 Å². The summed E-state index contributed by atoms with van der Waals surface area (Å²) in [5, 5.41) is 0. The van der Waals surface area contributed by atoms with Crippen LogP contribution in [0.15, 0.2) is 0 Å². The van der Waals surface area contributed by atoms with Gasteiger partial charge in [0, 0.05) is 24.7 Å². The number of rotatable bonds is 0. The van der Waals surface area contributed by atoms with Crippen LogP contribution in [0.4, 0.5) is 0 Å². The molecular formula is C12H24N2. The molecule has 2 heterocycles. The fourth-order valence-corrected chi connectivity index (χ4v) is 3.03. The maximum Gasteiger partial charge on any atom is 0.0145 e. The van der Waals surface area contributed by atoms with Crippen molar-refractivity contribution in [2.24, 2.45) is 5.92 Å². The molecule has 0 unspecified atom stereocenters. The quantitative estimate of drug-likeness (QED) is 0.583. The molecule has 2 saturated heterocycles. The first kappa shape index (κ1) is 10.4. The largest absolute Gasteiger partial charge is 0.303 e. The SMILES string of the molecule is CN1CC[C@@H]2CN(C(C)(C)C)CC[C@@H]21. The number of hydrogen-bond donors (Lipinski definition) is 0. The highest BCUT2D eigenvalue weighted by Gasteiger charge is 2.38. The summed E-state index contributed by atoms with van der Waals surface area (Å²) in [6.45, 7) is 10.9. The second-order valence-corrected chi connectivity index (χ2v) is 6.00. The normalized spacial score (nSPS) is 36.0. The van der Waals surface area contributed by atoms with Crippen molar-refractivity contribution in [2.45, 2.75) is 45.2 Å². The van der Waals surface area contributed by atoms with Crippen molar-refractivity contribution >= 4 is 0 Å². The molecule has 2 aliphatic rings. The second kappa shape index (κ2) is 3.49. The molecule has 14 heavy (non-hydrogen) atoms. The molecule has 0 aromatic rings. The van der Waals surface area contributed by atoms with Gasteiger partial charge >= 0.3 is 0 Å². The van der Waals surface area contributed by atoms with Gasteiger partial charge in [-0.3, -0.25) is 4.90 Å². The van der Waals surface area contributed by atoms with Crippen molar-refractivity contribution in [3.8, 4) is 0 Å². The summed E-state index contributed by atoms with van der Waals surface area (Å²) in [4.78, 5) is 5.22. The fourth-order valence-electron chi connectivity index (χ4n) is 3.03. The summed E-state index contributed by atoms with van der Waals surface area (Å²) >= 11 is 0. The number of hydrogen-bond acceptors (Lipinski definition) is 2. The Balaban J connectivity index is 1.99. The molecule has 0 aliphatic carbocycles. The van der Waals surface area contributed by atoms with Gasteiger partial charge in [0.05, 0.1) is 0 Å². The van der Waals surface area contributed by atoms with Crippen LogP contribution in [0.5, 0.6) is 0 Å². The topological polar surface area (TPSA) is 6.48 Å². The lowest BCUT2D eigenvalue weighted by Gasteiger charge is -2.44. The van der Waals surface area contributed by atoms with Crippen LogP contribution in [-0.4, -0.2) is 48.1 Å². The van der Waals surface area contributed by atoms with Crippen molar-refractivity contribution in [1.82, 2.24) is 9.80 Å². The number of nitrogens with zero attached hydrogens (tertiary/aromatic N) is 2. The van der Waals surface area contributed by atoms with Crippen molar-refractivity contribution in [1.29, 1.82) is 0 Å². The summed E-state index contributed by atoms with van der Waals surface area (Å²) in [7, 11) is 2.29. The van der Waals surface area contributed by atoms with Crippen LogP contribution in [0.3, 0.4) is 0 Å². The molecule has 0 N–H and O–H groups in total. The van der Waals surface area contributed by atoms with Gasteiger partial charge < -0.3 is 4.90 Å². The fraction of sp³-hybridized carbons (Fsp3) is 1.00. The molecular weight excluding hydrogens is 172 g/mol. The van der Waals surface area contributed by atoms with Gasteiger partial charge in [-0.15, -0.1) is 0 Å². The van der Waals surface area contributed by atoms with Gasteiger partial charge in [0.15, 0.2) is 0 Å². The Hall–Kier alpha value is -0.0800. The lowest BCUT2D eigenvalue weighted by molar-refractivity contribution is 0.0546. The summed E-state index contributed by atoms with van der Waals surface area (Å²) in [6.07, 6.45) is 2.78. The summed E-state index contributed by atoms with van der Waals surface area (Å²) in [5.74, 6) is 0.938. The molecule has 0 amide bonds. The van der Waals surface area contributed by atoms with Crippen LogP contribution in [0.1, 0.15) is 33.6 Å². The van der Waals surface area contributed by atoms with E-state index in [4.69, 9.17) is 0 Å². The Morgan fingerprint density at radius 2 is 1.79 bits per heavy atom. The molecule has 2 rings (SSSR count). The van der Waals surface area contributed by atoms with E-state index in [2.05, 4.69) is 37.6 Å². The smallest absolute Gasteiger partial charge is 0.0145 e. The van der Waals surface area contributed by atoms with Gasteiger partial charge in [-0.2, -0.15) is 0 Å². The first-order chi connectivity index (χ1) is 6.48. The first-order valence-corrected chi connectivity index (χ1v) is 5.94. The average Bonchev–Trinajstić information content (AvgIpc) is 2.46. The van der Waals surface area contributed by atoms with E-state index in [1.807, 2.05) is 0 Å². The van der Waals surface area contributed by atoms with Gasteiger partial charge in [0.1, 0.15) is 0 Å². The van der Waals surface area contributed by atoms with E-state index >= 15 is 0 Å². The highest BCUT2D eigenvalue weighted by molar-refractivity contribution is 4.94. The van der Waals surface area contributed by atoms with Crippen LogP contribution >= 0.6 is 0 Å². The molecule has 0 aromatic heterocycles. The molecule has 0 radical (unpaired) electrons. The van der Waals surface area contributed by atoms with Gasteiger partial charge in [-0.25, -0.2) is 0 Å². The molecule has 0 spiro atoms. The molecule has 2 fully saturated rings. The third-order valence-electron chi connectivity index (χ3n) is 4.06. The minimum atomic E-state index is 0.367. The van der Waals surface area contributed by atoms with E-state index < -0.39 is 0 Å². The molecule has 2 atom stereocenters.